The number of hydrogen-bond donors (Lipinski definition) is 1. The number of carbonyl (C=O) groups is 1. The Morgan fingerprint density at radius 2 is 2.05 bits per heavy atom. The van der Waals surface area contributed by atoms with Crippen LogP contribution in [0, 0.1) is 13.8 Å². The maximum atomic E-state index is 12.3. The summed E-state index contributed by atoms with van der Waals surface area (Å²) < 4.78 is 5.27. The number of aryl methyl sites for hydroxylation is 2. The maximum absolute atomic E-state index is 12.3. The third-order valence-electron chi connectivity index (χ3n) is 3.89. The Morgan fingerprint density at radius 3 is 2.80 bits per heavy atom. The van der Waals surface area contributed by atoms with Gasteiger partial charge in [-0.3, -0.25) is 4.79 Å². The number of nitrogens with zero attached hydrogens (tertiary/aromatic N) is 2. The summed E-state index contributed by atoms with van der Waals surface area (Å²) in [5, 5.41) is 6.96. The van der Waals surface area contributed by atoms with Crippen molar-refractivity contribution in [1.29, 1.82) is 0 Å². The van der Waals surface area contributed by atoms with Gasteiger partial charge in [-0.25, -0.2) is 4.98 Å². The first-order valence-corrected chi connectivity index (χ1v) is 7.19. The van der Waals surface area contributed by atoms with Crippen LogP contribution in [0.5, 0.6) is 0 Å². The number of carbonyl (C=O) groups excluding carboxylic acids is 1. The Kier molecular flexibility index (Phi) is 3.42. The molecule has 2 aromatic heterocycles. The molecule has 3 rings (SSSR count). The molecule has 1 saturated carbocycles. The summed E-state index contributed by atoms with van der Waals surface area (Å²) in [6.45, 7) is 3.84. The molecule has 0 aromatic carbocycles. The molecule has 1 N–H and O–H groups in total. The number of hydrogen-bond acceptors (Lipinski definition) is 4. The first-order chi connectivity index (χ1) is 9.65. The van der Waals surface area contributed by atoms with Crippen molar-refractivity contribution in [2.24, 2.45) is 0 Å². The van der Waals surface area contributed by atoms with Gasteiger partial charge in [-0.15, -0.1) is 0 Å². The normalized spacial score (nSPS) is 16.5. The van der Waals surface area contributed by atoms with Crippen molar-refractivity contribution in [3.63, 3.8) is 0 Å². The molecule has 0 aliphatic heterocycles. The van der Waals surface area contributed by atoms with E-state index in [0.29, 0.717) is 16.8 Å². The molecule has 0 spiro atoms. The van der Waals surface area contributed by atoms with Gasteiger partial charge in [0.1, 0.15) is 5.52 Å². The van der Waals surface area contributed by atoms with E-state index in [4.69, 9.17) is 4.52 Å². The van der Waals surface area contributed by atoms with E-state index in [1.165, 1.54) is 19.3 Å². The number of rotatable bonds is 2. The molecule has 2 heterocycles. The largest absolute Gasteiger partial charge is 0.353 e. The highest BCUT2D eigenvalue weighted by atomic mass is 16.5. The zero-order valence-corrected chi connectivity index (χ0v) is 11.9. The second-order valence-corrected chi connectivity index (χ2v) is 5.60. The van der Waals surface area contributed by atoms with Crippen LogP contribution >= 0.6 is 0 Å². The molecule has 1 fully saturated rings. The second-order valence-electron chi connectivity index (χ2n) is 5.60. The molecule has 1 aliphatic carbocycles. The molecule has 5 nitrogen and oxygen atoms in total. The lowest BCUT2D eigenvalue weighted by molar-refractivity contribution is 0.0920. The standard InChI is InChI=1S/C15H19N3O2/c1-9-8-10(2)16-12-13(18-20-14(9)12)15(19)17-11-6-4-3-5-7-11/h8,11H,3-7H2,1-2H3,(H,17,19). The van der Waals surface area contributed by atoms with Gasteiger partial charge >= 0.3 is 0 Å². The summed E-state index contributed by atoms with van der Waals surface area (Å²) in [4.78, 5) is 16.7. The highest BCUT2D eigenvalue weighted by Crippen LogP contribution is 2.22. The minimum Gasteiger partial charge on any atom is -0.353 e. The number of nitrogens with one attached hydrogen (secondary N) is 1. The molecule has 0 unspecified atom stereocenters. The van der Waals surface area contributed by atoms with Crippen LogP contribution in [0.4, 0.5) is 0 Å². The summed E-state index contributed by atoms with van der Waals surface area (Å²) in [6.07, 6.45) is 5.72. The third-order valence-corrected chi connectivity index (χ3v) is 3.89. The van der Waals surface area contributed by atoms with E-state index >= 15 is 0 Å². The van der Waals surface area contributed by atoms with E-state index in [0.717, 1.165) is 24.1 Å². The highest BCUT2D eigenvalue weighted by molar-refractivity contribution is 6.03. The average molecular weight is 273 g/mol. The van der Waals surface area contributed by atoms with Crippen LogP contribution in [0.3, 0.4) is 0 Å². The van der Waals surface area contributed by atoms with Crippen molar-refractivity contribution in [2.45, 2.75) is 52.0 Å². The first-order valence-electron chi connectivity index (χ1n) is 7.19. The Morgan fingerprint density at radius 1 is 1.30 bits per heavy atom. The van der Waals surface area contributed by atoms with Crippen LogP contribution in [0.15, 0.2) is 10.6 Å². The number of fused-ring (bicyclic) bond motifs is 1. The van der Waals surface area contributed by atoms with Crippen LogP contribution in [0.1, 0.15) is 53.8 Å². The monoisotopic (exact) mass is 273 g/mol. The SMILES string of the molecule is Cc1cc(C)c2onc(C(=O)NC3CCCCC3)c2n1. The predicted molar refractivity (Wildman–Crippen MR) is 75.6 cm³/mol. The van der Waals surface area contributed by atoms with Crippen molar-refractivity contribution in [3.8, 4) is 0 Å². The molecular formula is C15H19N3O2. The van der Waals surface area contributed by atoms with Gasteiger partial charge in [-0.2, -0.15) is 0 Å². The third kappa shape index (κ3) is 2.40. The lowest BCUT2D eigenvalue weighted by Crippen LogP contribution is -2.36. The van der Waals surface area contributed by atoms with Gasteiger partial charge in [0.2, 0.25) is 0 Å². The molecule has 1 aliphatic rings. The molecule has 0 radical (unpaired) electrons. The molecule has 0 saturated heterocycles. The number of amides is 1. The van der Waals surface area contributed by atoms with Gasteiger partial charge in [0.05, 0.1) is 0 Å². The van der Waals surface area contributed by atoms with E-state index in [9.17, 15) is 4.79 Å². The van der Waals surface area contributed by atoms with Crippen LogP contribution in [-0.2, 0) is 0 Å². The average Bonchev–Trinajstić information content (AvgIpc) is 2.84. The first kappa shape index (κ1) is 13.1. The minimum atomic E-state index is -0.173. The molecular weight excluding hydrogens is 254 g/mol. The van der Waals surface area contributed by atoms with Crippen LogP contribution in [-0.4, -0.2) is 22.1 Å². The van der Waals surface area contributed by atoms with Crippen molar-refractivity contribution in [2.75, 3.05) is 0 Å². The quantitative estimate of drug-likeness (QED) is 0.913. The van der Waals surface area contributed by atoms with Crippen LogP contribution < -0.4 is 5.32 Å². The van der Waals surface area contributed by atoms with Crippen molar-refractivity contribution in [3.05, 3.63) is 23.0 Å². The second kappa shape index (κ2) is 5.23. The van der Waals surface area contributed by atoms with Gasteiger partial charge < -0.3 is 9.84 Å². The Labute approximate surface area is 117 Å². The summed E-state index contributed by atoms with van der Waals surface area (Å²) >= 11 is 0. The smallest absolute Gasteiger partial charge is 0.275 e. The summed E-state index contributed by atoms with van der Waals surface area (Å²) in [7, 11) is 0. The zero-order chi connectivity index (χ0) is 14.1. The van der Waals surface area contributed by atoms with E-state index in [1.807, 2.05) is 19.9 Å². The van der Waals surface area contributed by atoms with Crippen molar-refractivity contribution >= 4 is 17.0 Å². The highest BCUT2D eigenvalue weighted by Gasteiger charge is 2.22. The van der Waals surface area contributed by atoms with E-state index in [-0.39, 0.29) is 11.9 Å². The fourth-order valence-electron chi connectivity index (χ4n) is 2.88. The topological polar surface area (TPSA) is 68.0 Å². The Hall–Kier alpha value is -1.91. The molecule has 5 heteroatoms. The molecule has 2 aromatic rings. The molecule has 20 heavy (non-hydrogen) atoms. The van der Waals surface area contributed by atoms with Crippen molar-refractivity contribution < 1.29 is 9.32 Å². The van der Waals surface area contributed by atoms with Gasteiger partial charge in [0, 0.05) is 11.7 Å². The van der Waals surface area contributed by atoms with E-state index in [1.54, 1.807) is 0 Å². The summed E-state index contributed by atoms with van der Waals surface area (Å²) in [6, 6.07) is 2.19. The Bertz CT molecular complexity index is 642. The van der Waals surface area contributed by atoms with Crippen molar-refractivity contribution in [1.82, 2.24) is 15.5 Å². The predicted octanol–water partition coefficient (Wildman–Crippen LogP) is 2.90. The number of pyridine rings is 1. The zero-order valence-electron chi connectivity index (χ0n) is 11.9. The molecule has 106 valence electrons. The van der Waals surface area contributed by atoms with Gasteiger partial charge in [-0.05, 0) is 38.3 Å². The molecule has 0 atom stereocenters. The van der Waals surface area contributed by atoms with Crippen LogP contribution in [0.25, 0.3) is 11.1 Å². The van der Waals surface area contributed by atoms with Gasteiger partial charge in [0.25, 0.3) is 5.91 Å². The van der Waals surface area contributed by atoms with E-state index in [2.05, 4.69) is 15.5 Å². The fraction of sp³-hybridized carbons (Fsp3) is 0.533. The lowest BCUT2D eigenvalue weighted by atomic mass is 9.95. The van der Waals surface area contributed by atoms with Crippen LogP contribution in [0.2, 0.25) is 0 Å². The molecule has 0 bridgehead atoms. The number of aromatic nitrogens is 2. The summed E-state index contributed by atoms with van der Waals surface area (Å²) in [5.74, 6) is -0.173. The summed E-state index contributed by atoms with van der Waals surface area (Å²) in [5.41, 5.74) is 3.29. The Balaban J connectivity index is 1.87. The fourth-order valence-corrected chi connectivity index (χ4v) is 2.88. The van der Waals surface area contributed by atoms with Gasteiger partial charge in [0.15, 0.2) is 11.3 Å². The minimum absolute atomic E-state index is 0.173. The molecule has 1 amide bonds. The van der Waals surface area contributed by atoms with Gasteiger partial charge in [-0.1, -0.05) is 24.4 Å². The lowest BCUT2D eigenvalue weighted by Gasteiger charge is -2.22. The van der Waals surface area contributed by atoms with E-state index < -0.39 is 0 Å². The maximum Gasteiger partial charge on any atom is 0.275 e.